The van der Waals surface area contributed by atoms with Crippen LogP contribution in [0.5, 0.6) is 5.75 Å². The fraction of sp³-hybridized carbons (Fsp3) is 0.375. The third kappa shape index (κ3) is 4.34. The number of rotatable bonds is 5. The Labute approximate surface area is 123 Å². The number of nitrogens with one attached hydrogen (secondary N) is 1. The minimum absolute atomic E-state index is 0.122. The molecule has 0 atom stereocenters. The van der Waals surface area contributed by atoms with Crippen LogP contribution in [0.3, 0.4) is 0 Å². The van der Waals surface area contributed by atoms with Gasteiger partial charge in [0.05, 0.1) is 13.0 Å². The van der Waals surface area contributed by atoms with Gasteiger partial charge in [-0.2, -0.15) is 0 Å². The molecule has 0 aromatic heterocycles. The molecule has 1 aliphatic heterocycles. The third-order valence-corrected chi connectivity index (χ3v) is 3.20. The van der Waals surface area contributed by atoms with Gasteiger partial charge in [0.2, 0.25) is 5.91 Å². The first-order valence-electron chi connectivity index (χ1n) is 6.83. The van der Waals surface area contributed by atoms with E-state index in [9.17, 15) is 9.59 Å². The summed E-state index contributed by atoms with van der Waals surface area (Å²) in [4.78, 5) is 22.5. The molecule has 0 bridgehead atoms. The number of hydrogen-bond acceptors (Lipinski definition) is 3. The standard InChI is InChI=1S/C16H19NO4/c1-16(2,10-15(19)20)17-14(18)6-4-11-3-5-13-12(9-11)7-8-21-13/h3-6,9H,7-8,10H2,1-2H3,(H,17,18)(H,19,20). The first-order valence-corrected chi connectivity index (χ1v) is 6.83. The summed E-state index contributed by atoms with van der Waals surface area (Å²) in [7, 11) is 0. The number of carboxylic acid groups (broad SMARTS) is 1. The van der Waals surface area contributed by atoms with Crippen LogP contribution in [0, 0.1) is 0 Å². The molecule has 0 fully saturated rings. The van der Waals surface area contributed by atoms with Gasteiger partial charge in [-0.15, -0.1) is 0 Å². The largest absolute Gasteiger partial charge is 0.493 e. The number of carbonyl (C=O) groups is 2. The number of aliphatic carboxylic acids is 1. The average Bonchev–Trinajstić information content (AvgIpc) is 2.81. The maximum absolute atomic E-state index is 11.8. The van der Waals surface area contributed by atoms with Crippen molar-refractivity contribution in [3.63, 3.8) is 0 Å². The molecule has 1 aromatic rings. The monoisotopic (exact) mass is 289 g/mol. The lowest BCUT2D eigenvalue weighted by Gasteiger charge is -2.23. The molecule has 1 heterocycles. The van der Waals surface area contributed by atoms with E-state index >= 15 is 0 Å². The number of amides is 1. The average molecular weight is 289 g/mol. The molecular formula is C16H19NO4. The molecule has 1 aromatic carbocycles. The highest BCUT2D eigenvalue weighted by atomic mass is 16.5. The number of hydrogen-bond donors (Lipinski definition) is 2. The van der Waals surface area contributed by atoms with Gasteiger partial charge >= 0.3 is 5.97 Å². The van der Waals surface area contributed by atoms with Crippen LogP contribution >= 0.6 is 0 Å². The number of fused-ring (bicyclic) bond motifs is 1. The van der Waals surface area contributed by atoms with Crippen LogP contribution in [0.25, 0.3) is 6.08 Å². The molecule has 2 N–H and O–H groups in total. The Balaban J connectivity index is 1.97. The fourth-order valence-electron chi connectivity index (χ4n) is 2.28. The van der Waals surface area contributed by atoms with E-state index in [2.05, 4.69) is 5.32 Å². The van der Waals surface area contributed by atoms with Crippen molar-refractivity contribution in [3.05, 3.63) is 35.4 Å². The Hall–Kier alpha value is -2.30. The molecule has 1 amide bonds. The molecule has 2 rings (SSSR count). The van der Waals surface area contributed by atoms with E-state index in [0.717, 1.165) is 23.3 Å². The second kappa shape index (κ2) is 5.99. The molecule has 0 unspecified atom stereocenters. The molecule has 5 nitrogen and oxygen atoms in total. The smallest absolute Gasteiger partial charge is 0.305 e. The van der Waals surface area contributed by atoms with Gasteiger partial charge < -0.3 is 15.2 Å². The van der Waals surface area contributed by atoms with Crippen LogP contribution in [0.4, 0.5) is 0 Å². The molecule has 0 saturated heterocycles. The summed E-state index contributed by atoms with van der Waals surface area (Å²) in [6.45, 7) is 4.06. The van der Waals surface area contributed by atoms with Gasteiger partial charge in [0.25, 0.3) is 0 Å². The number of ether oxygens (including phenoxy) is 1. The van der Waals surface area contributed by atoms with Crippen LogP contribution in [0.1, 0.15) is 31.4 Å². The lowest BCUT2D eigenvalue weighted by atomic mass is 10.0. The van der Waals surface area contributed by atoms with E-state index in [1.54, 1.807) is 19.9 Å². The molecule has 1 aliphatic rings. The van der Waals surface area contributed by atoms with E-state index in [0.29, 0.717) is 6.61 Å². The Kier molecular flexibility index (Phi) is 4.31. The zero-order chi connectivity index (χ0) is 15.5. The summed E-state index contributed by atoms with van der Waals surface area (Å²) in [6.07, 6.45) is 3.89. The van der Waals surface area contributed by atoms with E-state index in [-0.39, 0.29) is 12.3 Å². The van der Waals surface area contributed by atoms with Crippen molar-refractivity contribution in [1.29, 1.82) is 0 Å². The highest BCUT2D eigenvalue weighted by Gasteiger charge is 2.22. The lowest BCUT2D eigenvalue weighted by molar-refractivity contribution is -0.138. The van der Waals surface area contributed by atoms with Gasteiger partial charge in [-0.1, -0.05) is 6.07 Å². The van der Waals surface area contributed by atoms with Crippen LogP contribution < -0.4 is 10.1 Å². The molecule has 0 saturated carbocycles. The Morgan fingerprint density at radius 2 is 2.19 bits per heavy atom. The van der Waals surface area contributed by atoms with Gasteiger partial charge in [-0.25, -0.2) is 0 Å². The van der Waals surface area contributed by atoms with Crippen LogP contribution in [0.2, 0.25) is 0 Å². The number of carbonyl (C=O) groups excluding carboxylic acids is 1. The summed E-state index contributed by atoms with van der Waals surface area (Å²) in [5.41, 5.74) is 1.29. The zero-order valence-electron chi connectivity index (χ0n) is 12.2. The van der Waals surface area contributed by atoms with E-state index in [4.69, 9.17) is 9.84 Å². The van der Waals surface area contributed by atoms with E-state index in [1.165, 1.54) is 6.08 Å². The molecular weight excluding hydrogens is 270 g/mol. The Bertz CT molecular complexity index is 590. The van der Waals surface area contributed by atoms with Crippen molar-refractivity contribution >= 4 is 18.0 Å². The Morgan fingerprint density at radius 3 is 2.90 bits per heavy atom. The van der Waals surface area contributed by atoms with Crippen molar-refractivity contribution in [3.8, 4) is 5.75 Å². The minimum atomic E-state index is -0.942. The first kappa shape index (κ1) is 15.1. The van der Waals surface area contributed by atoms with Crippen molar-refractivity contribution in [1.82, 2.24) is 5.32 Å². The molecule has 0 radical (unpaired) electrons. The number of benzene rings is 1. The molecule has 0 spiro atoms. The van der Waals surface area contributed by atoms with Gasteiger partial charge in [-0.05, 0) is 43.2 Å². The highest BCUT2D eigenvalue weighted by Crippen LogP contribution is 2.26. The van der Waals surface area contributed by atoms with Crippen molar-refractivity contribution in [2.75, 3.05) is 6.61 Å². The number of carboxylic acids is 1. The third-order valence-electron chi connectivity index (χ3n) is 3.20. The quantitative estimate of drug-likeness (QED) is 0.813. The summed E-state index contributed by atoms with van der Waals surface area (Å²) in [5.74, 6) is -0.347. The van der Waals surface area contributed by atoms with Crippen molar-refractivity contribution in [2.24, 2.45) is 0 Å². The Morgan fingerprint density at radius 1 is 1.43 bits per heavy atom. The summed E-state index contributed by atoms with van der Waals surface area (Å²) in [6, 6.07) is 5.78. The predicted octanol–water partition coefficient (Wildman–Crippen LogP) is 2.00. The normalized spacial score (nSPS) is 13.8. The summed E-state index contributed by atoms with van der Waals surface area (Å²) < 4.78 is 5.42. The van der Waals surface area contributed by atoms with Crippen LogP contribution in [-0.2, 0) is 16.0 Å². The first-order chi connectivity index (χ1) is 9.85. The van der Waals surface area contributed by atoms with Crippen molar-refractivity contribution < 1.29 is 19.4 Å². The fourth-order valence-corrected chi connectivity index (χ4v) is 2.28. The zero-order valence-corrected chi connectivity index (χ0v) is 12.2. The van der Waals surface area contributed by atoms with Crippen LogP contribution in [-0.4, -0.2) is 29.1 Å². The second-order valence-electron chi connectivity index (χ2n) is 5.74. The topological polar surface area (TPSA) is 75.6 Å². The second-order valence-corrected chi connectivity index (χ2v) is 5.74. The van der Waals surface area contributed by atoms with Gasteiger partial charge in [-0.3, -0.25) is 9.59 Å². The van der Waals surface area contributed by atoms with Gasteiger partial charge in [0.1, 0.15) is 5.75 Å². The molecule has 0 aliphatic carbocycles. The lowest BCUT2D eigenvalue weighted by Crippen LogP contribution is -2.44. The van der Waals surface area contributed by atoms with Crippen LogP contribution in [0.15, 0.2) is 24.3 Å². The molecule has 21 heavy (non-hydrogen) atoms. The minimum Gasteiger partial charge on any atom is -0.493 e. The SMILES string of the molecule is CC(C)(CC(=O)O)NC(=O)C=Cc1ccc2c(c1)CCO2. The maximum atomic E-state index is 11.8. The van der Waals surface area contributed by atoms with E-state index < -0.39 is 11.5 Å². The van der Waals surface area contributed by atoms with Gasteiger partial charge in [0.15, 0.2) is 0 Å². The maximum Gasteiger partial charge on any atom is 0.305 e. The van der Waals surface area contributed by atoms with Crippen molar-refractivity contribution in [2.45, 2.75) is 32.2 Å². The van der Waals surface area contributed by atoms with E-state index in [1.807, 2.05) is 18.2 Å². The van der Waals surface area contributed by atoms with Gasteiger partial charge in [0, 0.05) is 18.0 Å². The molecule has 5 heteroatoms. The summed E-state index contributed by atoms with van der Waals surface area (Å²) >= 11 is 0. The summed E-state index contributed by atoms with van der Waals surface area (Å²) in [5, 5.41) is 11.5. The highest BCUT2D eigenvalue weighted by molar-refractivity contribution is 5.92. The predicted molar refractivity (Wildman–Crippen MR) is 79.1 cm³/mol. The molecule has 112 valence electrons.